The molecule has 0 bridgehead atoms. The summed E-state index contributed by atoms with van der Waals surface area (Å²) >= 11 is 5.50. The predicted molar refractivity (Wildman–Crippen MR) is 70.6 cm³/mol. The molecule has 4 nitrogen and oxygen atoms in total. The number of benzene rings is 1. The molecule has 0 aliphatic heterocycles. The van der Waals surface area contributed by atoms with Crippen LogP contribution in [0.4, 0.5) is 0 Å². The van der Waals surface area contributed by atoms with Gasteiger partial charge < -0.3 is 14.0 Å². The van der Waals surface area contributed by atoms with Crippen LogP contribution in [-0.2, 0) is 4.74 Å². The number of hydrogen-bond donors (Lipinski definition) is 0. The fraction of sp³-hybridized carbons (Fsp3) is 0.308. The van der Waals surface area contributed by atoms with E-state index in [1.165, 1.54) is 0 Å². The molecule has 1 aromatic carbocycles. The first-order valence-electron chi connectivity index (χ1n) is 5.75. The highest BCUT2D eigenvalue weighted by atomic mass is 35.5. The second-order valence-electron chi connectivity index (χ2n) is 3.62. The highest BCUT2D eigenvalue weighted by Crippen LogP contribution is 2.16. The minimum atomic E-state index is 0.510. The zero-order valence-corrected chi connectivity index (χ0v) is 10.7. The summed E-state index contributed by atoms with van der Waals surface area (Å²) in [5.74, 6) is 1.33. The quantitative estimate of drug-likeness (QED) is 0.571. The highest BCUT2D eigenvalue weighted by Gasteiger charge is 1.98. The third kappa shape index (κ3) is 3.75. The average Bonchev–Trinajstić information content (AvgIpc) is 2.93. The van der Waals surface area contributed by atoms with E-state index in [1.54, 1.807) is 12.5 Å². The first-order chi connectivity index (χ1) is 8.90. The molecule has 0 fully saturated rings. The molecule has 1 heterocycles. The molecule has 0 radical (unpaired) electrons. The molecule has 1 aromatic heterocycles. The van der Waals surface area contributed by atoms with Crippen molar-refractivity contribution < 1.29 is 9.47 Å². The molecule has 0 amide bonds. The minimum Gasteiger partial charge on any atom is -0.491 e. The molecular formula is C13H15ClN2O2. The molecule has 0 saturated carbocycles. The smallest absolute Gasteiger partial charge is 0.121 e. The van der Waals surface area contributed by atoms with Gasteiger partial charge in [-0.15, -0.1) is 11.6 Å². The Morgan fingerprint density at radius 1 is 1.22 bits per heavy atom. The van der Waals surface area contributed by atoms with Crippen molar-refractivity contribution in [1.29, 1.82) is 0 Å². The van der Waals surface area contributed by atoms with Gasteiger partial charge in [0.05, 0.1) is 25.2 Å². The zero-order valence-electron chi connectivity index (χ0n) is 9.96. The summed E-state index contributed by atoms with van der Waals surface area (Å²) < 4.78 is 12.8. The lowest BCUT2D eigenvalue weighted by Crippen LogP contribution is -2.08. The van der Waals surface area contributed by atoms with Gasteiger partial charge in [-0.3, -0.25) is 0 Å². The molecule has 0 aliphatic rings. The van der Waals surface area contributed by atoms with Crippen LogP contribution in [0.25, 0.3) is 5.69 Å². The van der Waals surface area contributed by atoms with E-state index in [-0.39, 0.29) is 0 Å². The molecule has 18 heavy (non-hydrogen) atoms. The lowest BCUT2D eigenvalue weighted by atomic mass is 10.3. The van der Waals surface area contributed by atoms with Gasteiger partial charge in [-0.05, 0) is 12.1 Å². The molecule has 2 aromatic rings. The van der Waals surface area contributed by atoms with E-state index in [1.807, 2.05) is 35.0 Å². The molecule has 0 unspecified atom stereocenters. The lowest BCUT2D eigenvalue weighted by Gasteiger charge is -2.08. The van der Waals surface area contributed by atoms with Gasteiger partial charge in [-0.2, -0.15) is 0 Å². The Balaban J connectivity index is 1.88. The van der Waals surface area contributed by atoms with Crippen molar-refractivity contribution in [2.24, 2.45) is 0 Å². The monoisotopic (exact) mass is 266 g/mol. The molecule has 0 atom stereocenters. The summed E-state index contributed by atoms with van der Waals surface area (Å²) in [6.45, 7) is 1.62. The SMILES string of the molecule is ClCCOCCOc1cccc(-n2ccnc2)c1. The van der Waals surface area contributed by atoms with Crippen LogP contribution in [0.5, 0.6) is 5.75 Å². The third-order valence-corrected chi connectivity index (χ3v) is 2.49. The van der Waals surface area contributed by atoms with Crippen molar-refractivity contribution in [2.75, 3.05) is 25.7 Å². The maximum absolute atomic E-state index is 5.59. The Hall–Kier alpha value is -1.52. The first-order valence-corrected chi connectivity index (χ1v) is 6.28. The number of alkyl halides is 1. The van der Waals surface area contributed by atoms with E-state index in [2.05, 4.69) is 4.98 Å². The molecule has 0 saturated heterocycles. The van der Waals surface area contributed by atoms with Gasteiger partial charge in [-0.1, -0.05) is 6.07 Å². The van der Waals surface area contributed by atoms with Crippen molar-refractivity contribution in [1.82, 2.24) is 9.55 Å². The molecule has 0 N–H and O–H groups in total. The summed E-state index contributed by atoms with van der Waals surface area (Å²) in [7, 11) is 0. The van der Waals surface area contributed by atoms with E-state index in [0.29, 0.717) is 25.7 Å². The lowest BCUT2D eigenvalue weighted by molar-refractivity contribution is 0.111. The molecule has 96 valence electrons. The van der Waals surface area contributed by atoms with Crippen molar-refractivity contribution >= 4 is 11.6 Å². The van der Waals surface area contributed by atoms with Crippen LogP contribution in [0.1, 0.15) is 0 Å². The Morgan fingerprint density at radius 3 is 2.94 bits per heavy atom. The molecular weight excluding hydrogens is 252 g/mol. The summed E-state index contributed by atoms with van der Waals surface area (Å²) in [5, 5.41) is 0. The maximum atomic E-state index is 5.59. The fourth-order valence-corrected chi connectivity index (χ4v) is 1.63. The number of nitrogens with zero attached hydrogens (tertiary/aromatic N) is 2. The number of rotatable bonds is 7. The van der Waals surface area contributed by atoms with Crippen molar-refractivity contribution in [3.05, 3.63) is 43.0 Å². The normalized spacial score (nSPS) is 10.5. The number of ether oxygens (including phenoxy) is 2. The van der Waals surface area contributed by atoms with Gasteiger partial charge in [-0.25, -0.2) is 4.98 Å². The van der Waals surface area contributed by atoms with Gasteiger partial charge in [0.25, 0.3) is 0 Å². The molecule has 2 rings (SSSR count). The van der Waals surface area contributed by atoms with Crippen LogP contribution in [0.3, 0.4) is 0 Å². The van der Waals surface area contributed by atoms with Crippen molar-refractivity contribution in [3.8, 4) is 11.4 Å². The summed E-state index contributed by atoms with van der Waals surface area (Å²) in [4.78, 5) is 4.01. The topological polar surface area (TPSA) is 36.3 Å². The van der Waals surface area contributed by atoms with E-state index in [9.17, 15) is 0 Å². The van der Waals surface area contributed by atoms with E-state index < -0.39 is 0 Å². The van der Waals surface area contributed by atoms with E-state index >= 15 is 0 Å². The Morgan fingerprint density at radius 2 is 2.17 bits per heavy atom. The third-order valence-electron chi connectivity index (χ3n) is 2.34. The second-order valence-corrected chi connectivity index (χ2v) is 4.00. The summed E-state index contributed by atoms with van der Waals surface area (Å²) in [5.41, 5.74) is 1.02. The van der Waals surface area contributed by atoms with Crippen LogP contribution in [0.15, 0.2) is 43.0 Å². The Kier molecular flexibility index (Phi) is 5.05. The maximum Gasteiger partial charge on any atom is 0.121 e. The van der Waals surface area contributed by atoms with Crippen LogP contribution in [0.2, 0.25) is 0 Å². The number of imidazole rings is 1. The largest absolute Gasteiger partial charge is 0.491 e. The number of aromatic nitrogens is 2. The van der Waals surface area contributed by atoms with Gasteiger partial charge in [0.2, 0.25) is 0 Å². The zero-order chi connectivity index (χ0) is 12.6. The molecule has 5 heteroatoms. The van der Waals surface area contributed by atoms with Crippen molar-refractivity contribution in [2.45, 2.75) is 0 Å². The Labute approximate surface area is 111 Å². The van der Waals surface area contributed by atoms with Crippen LogP contribution >= 0.6 is 11.6 Å². The van der Waals surface area contributed by atoms with Gasteiger partial charge in [0.1, 0.15) is 12.4 Å². The second kappa shape index (κ2) is 7.03. The number of hydrogen-bond acceptors (Lipinski definition) is 3. The fourth-order valence-electron chi connectivity index (χ4n) is 1.52. The van der Waals surface area contributed by atoms with E-state index in [4.69, 9.17) is 21.1 Å². The standard InChI is InChI=1S/C13H15ClN2O2/c14-4-7-17-8-9-18-13-3-1-2-12(10-13)16-6-5-15-11-16/h1-3,5-6,10-11H,4,7-9H2. The number of halogens is 1. The highest BCUT2D eigenvalue weighted by molar-refractivity contribution is 6.17. The average molecular weight is 267 g/mol. The summed E-state index contributed by atoms with van der Waals surface area (Å²) in [6.07, 6.45) is 5.39. The van der Waals surface area contributed by atoms with Crippen LogP contribution in [0, 0.1) is 0 Å². The van der Waals surface area contributed by atoms with Gasteiger partial charge >= 0.3 is 0 Å². The first kappa shape index (κ1) is 12.9. The predicted octanol–water partition coefficient (Wildman–Crippen LogP) is 2.51. The van der Waals surface area contributed by atoms with Gasteiger partial charge in [0, 0.05) is 24.3 Å². The van der Waals surface area contributed by atoms with Crippen LogP contribution in [-0.4, -0.2) is 35.3 Å². The minimum absolute atomic E-state index is 0.510. The molecule has 0 aliphatic carbocycles. The van der Waals surface area contributed by atoms with Gasteiger partial charge in [0.15, 0.2) is 0 Å². The summed E-state index contributed by atoms with van der Waals surface area (Å²) in [6, 6.07) is 7.83. The Bertz CT molecular complexity index is 460. The van der Waals surface area contributed by atoms with Crippen LogP contribution < -0.4 is 4.74 Å². The van der Waals surface area contributed by atoms with Crippen molar-refractivity contribution in [3.63, 3.8) is 0 Å². The van der Waals surface area contributed by atoms with E-state index in [0.717, 1.165) is 11.4 Å². The molecule has 0 spiro atoms.